The third-order valence-electron chi connectivity index (χ3n) is 2.68. The fourth-order valence-electron chi connectivity index (χ4n) is 1.75. The molecule has 0 aliphatic carbocycles. The summed E-state index contributed by atoms with van der Waals surface area (Å²) in [5.74, 6) is -4.28. The van der Waals surface area contributed by atoms with Crippen molar-refractivity contribution in [2.75, 3.05) is 5.73 Å². The molecule has 3 aromatic rings. The fraction of sp³-hybridized carbons (Fsp3) is 0. The van der Waals surface area contributed by atoms with Crippen molar-refractivity contribution in [3.63, 3.8) is 0 Å². The molecule has 0 aliphatic heterocycles. The lowest BCUT2D eigenvalue weighted by Crippen LogP contribution is -1.93. The summed E-state index contributed by atoms with van der Waals surface area (Å²) in [6.45, 7) is 0. The number of fused-ring (bicyclic) bond motifs is 1. The molecule has 0 saturated heterocycles. The number of benzene rings is 2. The van der Waals surface area contributed by atoms with E-state index in [0.29, 0.717) is 16.8 Å². The van der Waals surface area contributed by atoms with Crippen molar-refractivity contribution in [3.05, 3.63) is 47.8 Å². The van der Waals surface area contributed by atoms with E-state index in [2.05, 4.69) is 4.98 Å². The van der Waals surface area contributed by atoms with Gasteiger partial charge < -0.3 is 10.2 Å². The number of halogens is 3. The zero-order valence-corrected chi connectivity index (χ0v) is 9.45. The SMILES string of the molecule is Nc1ccc2oc(-c3ccc(F)c(F)c3F)nc2c1. The van der Waals surface area contributed by atoms with Crippen molar-refractivity contribution in [3.8, 4) is 11.5 Å². The lowest BCUT2D eigenvalue weighted by molar-refractivity contribution is 0.446. The second kappa shape index (κ2) is 4.01. The van der Waals surface area contributed by atoms with Crippen LogP contribution >= 0.6 is 0 Å². The Morgan fingerprint density at radius 2 is 1.79 bits per heavy atom. The first-order valence-electron chi connectivity index (χ1n) is 5.36. The van der Waals surface area contributed by atoms with Crippen molar-refractivity contribution >= 4 is 16.8 Å². The zero-order chi connectivity index (χ0) is 13.6. The molecule has 0 radical (unpaired) electrons. The average Bonchev–Trinajstić information content (AvgIpc) is 2.78. The molecule has 2 aromatic carbocycles. The van der Waals surface area contributed by atoms with Crippen molar-refractivity contribution in [1.82, 2.24) is 4.98 Å². The molecule has 6 heteroatoms. The number of nitrogen functional groups attached to an aromatic ring is 1. The highest BCUT2D eigenvalue weighted by molar-refractivity contribution is 5.79. The fourth-order valence-corrected chi connectivity index (χ4v) is 1.75. The zero-order valence-electron chi connectivity index (χ0n) is 9.45. The van der Waals surface area contributed by atoms with Gasteiger partial charge in [-0.1, -0.05) is 0 Å². The third kappa shape index (κ3) is 1.81. The van der Waals surface area contributed by atoms with Crippen LogP contribution in [0.4, 0.5) is 18.9 Å². The normalized spacial score (nSPS) is 11.1. The van der Waals surface area contributed by atoms with Gasteiger partial charge in [0, 0.05) is 5.69 Å². The molecule has 19 heavy (non-hydrogen) atoms. The monoisotopic (exact) mass is 264 g/mol. The second-order valence-corrected chi connectivity index (χ2v) is 3.97. The van der Waals surface area contributed by atoms with Crippen LogP contribution in [-0.4, -0.2) is 4.98 Å². The van der Waals surface area contributed by atoms with Crippen molar-refractivity contribution in [2.45, 2.75) is 0 Å². The smallest absolute Gasteiger partial charge is 0.230 e. The van der Waals surface area contributed by atoms with E-state index >= 15 is 0 Å². The molecule has 0 bridgehead atoms. The molecule has 0 amide bonds. The largest absolute Gasteiger partial charge is 0.436 e. The van der Waals surface area contributed by atoms with E-state index in [0.717, 1.165) is 12.1 Å². The minimum atomic E-state index is -1.56. The maximum Gasteiger partial charge on any atom is 0.230 e. The van der Waals surface area contributed by atoms with E-state index in [1.807, 2.05) is 0 Å². The summed E-state index contributed by atoms with van der Waals surface area (Å²) in [5, 5.41) is 0. The Hall–Kier alpha value is -2.50. The van der Waals surface area contributed by atoms with Crippen LogP contribution in [0, 0.1) is 17.5 Å². The summed E-state index contributed by atoms with van der Waals surface area (Å²) >= 11 is 0. The van der Waals surface area contributed by atoms with Gasteiger partial charge in [-0.3, -0.25) is 0 Å². The first-order valence-corrected chi connectivity index (χ1v) is 5.36. The lowest BCUT2D eigenvalue weighted by atomic mass is 10.2. The Morgan fingerprint density at radius 3 is 2.58 bits per heavy atom. The maximum atomic E-state index is 13.6. The minimum Gasteiger partial charge on any atom is -0.436 e. The first-order chi connectivity index (χ1) is 9.06. The molecular formula is C13H7F3N2O. The molecule has 96 valence electrons. The van der Waals surface area contributed by atoms with Crippen LogP contribution < -0.4 is 5.73 Å². The van der Waals surface area contributed by atoms with Gasteiger partial charge in [0.25, 0.3) is 0 Å². The standard InChI is InChI=1S/C13H7F3N2O/c14-8-3-2-7(11(15)12(8)16)13-18-9-5-6(17)1-4-10(9)19-13/h1-5H,17H2. The minimum absolute atomic E-state index is 0.128. The highest BCUT2D eigenvalue weighted by Gasteiger charge is 2.18. The van der Waals surface area contributed by atoms with Crippen LogP contribution in [0.2, 0.25) is 0 Å². The molecule has 0 spiro atoms. The van der Waals surface area contributed by atoms with Gasteiger partial charge in [0.1, 0.15) is 5.52 Å². The van der Waals surface area contributed by atoms with E-state index in [1.54, 1.807) is 18.2 Å². The molecule has 0 fully saturated rings. The topological polar surface area (TPSA) is 52.0 Å². The maximum absolute atomic E-state index is 13.6. The van der Waals surface area contributed by atoms with Gasteiger partial charge in [-0.15, -0.1) is 0 Å². The van der Waals surface area contributed by atoms with Crippen LogP contribution in [0.5, 0.6) is 0 Å². The van der Waals surface area contributed by atoms with Crippen molar-refractivity contribution < 1.29 is 17.6 Å². The quantitative estimate of drug-likeness (QED) is 0.540. The Bertz CT molecular complexity index is 783. The summed E-state index contributed by atoms with van der Waals surface area (Å²) in [6, 6.07) is 6.59. The summed E-state index contributed by atoms with van der Waals surface area (Å²) in [4.78, 5) is 4.00. The van der Waals surface area contributed by atoms with Gasteiger partial charge in [0.15, 0.2) is 23.0 Å². The average molecular weight is 264 g/mol. The molecule has 0 aliphatic rings. The highest BCUT2D eigenvalue weighted by atomic mass is 19.2. The number of rotatable bonds is 1. The summed E-state index contributed by atoms with van der Waals surface area (Å²) in [6.07, 6.45) is 0. The van der Waals surface area contributed by atoms with E-state index < -0.39 is 17.5 Å². The first kappa shape index (κ1) is 11.6. The van der Waals surface area contributed by atoms with Gasteiger partial charge in [-0.05, 0) is 30.3 Å². The second-order valence-electron chi connectivity index (χ2n) is 3.97. The number of nitrogens with two attached hydrogens (primary N) is 1. The molecular weight excluding hydrogens is 257 g/mol. The molecule has 1 heterocycles. The summed E-state index contributed by atoms with van der Waals surface area (Å²) in [7, 11) is 0. The Morgan fingerprint density at radius 1 is 1.00 bits per heavy atom. The highest BCUT2D eigenvalue weighted by Crippen LogP contribution is 2.29. The van der Waals surface area contributed by atoms with Gasteiger partial charge >= 0.3 is 0 Å². The Kier molecular flexibility index (Phi) is 2.45. The molecule has 3 rings (SSSR count). The predicted molar refractivity (Wildman–Crippen MR) is 63.7 cm³/mol. The van der Waals surface area contributed by atoms with Crippen molar-refractivity contribution in [2.24, 2.45) is 0 Å². The molecule has 0 unspecified atom stereocenters. The van der Waals surface area contributed by atoms with Crippen LogP contribution in [0.3, 0.4) is 0 Å². The van der Waals surface area contributed by atoms with E-state index in [-0.39, 0.29) is 11.5 Å². The Labute approximate surface area is 105 Å². The summed E-state index contributed by atoms with van der Waals surface area (Å²) in [5.41, 5.74) is 6.61. The van der Waals surface area contributed by atoms with Gasteiger partial charge in [-0.2, -0.15) is 0 Å². The van der Waals surface area contributed by atoms with Crippen LogP contribution in [0.1, 0.15) is 0 Å². The summed E-state index contributed by atoms with van der Waals surface area (Å²) < 4.78 is 44.9. The number of hydrogen-bond acceptors (Lipinski definition) is 3. The number of oxazole rings is 1. The molecule has 0 atom stereocenters. The number of anilines is 1. The Balaban J connectivity index is 2.22. The van der Waals surface area contributed by atoms with Crippen LogP contribution in [0.25, 0.3) is 22.6 Å². The molecule has 1 aromatic heterocycles. The van der Waals surface area contributed by atoms with E-state index in [4.69, 9.17) is 10.2 Å². The number of hydrogen-bond donors (Lipinski definition) is 1. The van der Waals surface area contributed by atoms with Crippen LogP contribution in [0.15, 0.2) is 34.7 Å². The predicted octanol–water partition coefficient (Wildman–Crippen LogP) is 3.49. The van der Waals surface area contributed by atoms with Crippen LogP contribution in [-0.2, 0) is 0 Å². The van der Waals surface area contributed by atoms with Gasteiger partial charge in [0.05, 0.1) is 5.56 Å². The van der Waals surface area contributed by atoms with Crippen molar-refractivity contribution in [1.29, 1.82) is 0 Å². The van der Waals surface area contributed by atoms with Gasteiger partial charge in [0.2, 0.25) is 5.89 Å². The van der Waals surface area contributed by atoms with Gasteiger partial charge in [-0.25, -0.2) is 18.2 Å². The van der Waals surface area contributed by atoms with E-state index in [1.165, 1.54) is 0 Å². The lowest BCUT2D eigenvalue weighted by Gasteiger charge is -1.99. The number of nitrogens with zero attached hydrogens (tertiary/aromatic N) is 1. The molecule has 2 N–H and O–H groups in total. The number of aromatic nitrogens is 1. The van der Waals surface area contributed by atoms with E-state index in [9.17, 15) is 13.2 Å². The third-order valence-corrected chi connectivity index (χ3v) is 2.68. The molecule has 3 nitrogen and oxygen atoms in total. The molecule has 0 saturated carbocycles.